The van der Waals surface area contributed by atoms with Crippen molar-refractivity contribution in [2.75, 3.05) is 19.6 Å². The van der Waals surface area contributed by atoms with Gasteiger partial charge in [0.25, 0.3) is 0 Å². The van der Waals surface area contributed by atoms with Crippen LogP contribution in [0.15, 0.2) is 0 Å². The van der Waals surface area contributed by atoms with Crippen LogP contribution in [0.1, 0.15) is 46.5 Å². The van der Waals surface area contributed by atoms with Crippen LogP contribution < -0.4 is 5.32 Å². The van der Waals surface area contributed by atoms with Gasteiger partial charge >= 0.3 is 12.0 Å². The number of amides is 2. The number of hydrogen-bond donors (Lipinski definition) is 2. The molecule has 5 heteroatoms. The number of carboxylic acid groups (broad SMARTS) is 1. The van der Waals surface area contributed by atoms with Crippen molar-refractivity contribution in [3.63, 3.8) is 0 Å². The van der Waals surface area contributed by atoms with Crippen LogP contribution in [0.2, 0.25) is 0 Å². The molecule has 1 heterocycles. The highest BCUT2D eigenvalue weighted by Gasteiger charge is 2.32. The quantitative estimate of drug-likeness (QED) is 0.805. The third-order valence-electron chi connectivity index (χ3n) is 4.41. The van der Waals surface area contributed by atoms with Gasteiger partial charge in [-0.3, -0.25) is 4.79 Å². The number of carboxylic acids is 1. The molecule has 1 saturated heterocycles. The molecular formula is C14H26N2O3. The van der Waals surface area contributed by atoms with Gasteiger partial charge in [-0.25, -0.2) is 4.79 Å². The van der Waals surface area contributed by atoms with Crippen molar-refractivity contribution < 1.29 is 14.7 Å². The molecule has 19 heavy (non-hydrogen) atoms. The lowest BCUT2D eigenvalue weighted by Gasteiger charge is -2.32. The largest absolute Gasteiger partial charge is 0.481 e. The van der Waals surface area contributed by atoms with Crippen molar-refractivity contribution >= 4 is 12.0 Å². The predicted octanol–water partition coefficient (Wildman–Crippen LogP) is 2.32. The smallest absolute Gasteiger partial charge is 0.317 e. The number of likely N-dealkylation sites (tertiary alicyclic amines) is 1. The Labute approximate surface area is 115 Å². The third kappa shape index (κ3) is 4.11. The molecule has 0 aromatic heterocycles. The van der Waals surface area contributed by atoms with Gasteiger partial charge in [0, 0.05) is 19.6 Å². The molecule has 2 N–H and O–H groups in total. The van der Waals surface area contributed by atoms with Gasteiger partial charge in [0.2, 0.25) is 0 Å². The maximum atomic E-state index is 12.0. The van der Waals surface area contributed by atoms with Crippen LogP contribution in [0, 0.1) is 11.3 Å². The van der Waals surface area contributed by atoms with Gasteiger partial charge in [0.1, 0.15) is 0 Å². The van der Waals surface area contributed by atoms with Crippen LogP contribution >= 0.6 is 0 Å². The summed E-state index contributed by atoms with van der Waals surface area (Å²) in [6.07, 6.45) is 3.77. The summed E-state index contributed by atoms with van der Waals surface area (Å²) in [5, 5.41) is 11.9. The first-order valence-corrected chi connectivity index (χ1v) is 7.19. The number of aliphatic carboxylic acids is 1. The van der Waals surface area contributed by atoms with E-state index in [4.69, 9.17) is 5.11 Å². The lowest BCUT2D eigenvalue weighted by Crippen LogP contribution is -2.48. The minimum absolute atomic E-state index is 0.129. The number of carbonyl (C=O) groups excluding carboxylic acids is 1. The van der Waals surface area contributed by atoms with E-state index in [9.17, 15) is 9.59 Å². The first kappa shape index (κ1) is 15.8. The average Bonchev–Trinajstić information content (AvgIpc) is 2.44. The Kier molecular flexibility index (Phi) is 5.63. The van der Waals surface area contributed by atoms with Crippen molar-refractivity contribution in [3.8, 4) is 0 Å². The average molecular weight is 270 g/mol. The van der Waals surface area contributed by atoms with E-state index in [-0.39, 0.29) is 12.6 Å². The predicted molar refractivity (Wildman–Crippen MR) is 74.0 cm³/mol. The molecule has 0 aromatic rings. The fraction of sp³-hybridized carbons (Fsp3) is 0.857. The molecule has 0 aromatic carbocycles. The maximum absolute atomic E-state index is 12.0. The molecule has 1 aliphatic rings. The van der Waals surface area contributed by atoms with Gasteiger partial charge in [-0.1, -0.05) is 20.3 Å². The highest BCUT2D eigenvalue weighted by Crippen LogP contribution is 2.22. The van der Waals surface area contributed by atoms with Gasteiger partial charge in [-0.15, -0.1) is 0 Å². The van der Waals surface area contributed by atoms with Crippen LogP contribution in [0.3, 0.4) is 0 Å². The summed E-state index contributed by atoms with van der Waals surface area (Å²) in [5.41, 5.74) is -0.878. The van der Waals surface area contributed by atoms with Gasteiger partial charge < -0.3 is 15.3 Å². The van der Waals surface area contributed by atoms with E-state index in [1.165, 1.54) is 6.42 Å². The number of hydrogen-bond acceptors (Lipinski definition) is 2. The Balaban J connectivity index is 2.42. The lowest BCUT2D eigenvalue weighted by molar-refractivity contribution is -0.147. The van der Waals surface area contributed by atoms with Gasteiger partial charge in [-0.05, 0) is 32.1 Å². The standard InChI is InChI=1S/C14H26N2O3/c1-4-11-6-8-16(9-7-11)13(19)15-10-14(3,5-2)12(17)18/h11H,4-10H2,1-3H3,(H,15,19)(H,17,18). The number of rotatable bonds is 5. The Bertz CT molecular complexity index is 325. The number of nitrogens with zero attached hydrogens (tertiary/aromatic N) is 1. The van der Waals surface area contributed by atoms with Crippen LogP contribution in [-0.2, 0) is 4.79 Å². The second-order valence-corrected chi connectivity index (χ2v) is 5.72. The maximum Gasteiger partial charge on any atom is 0.317 e. The fourth-order valence-electron chi connectivity index (χ4n) is 2.28. The molecule has 0 radical (unpaired) electrons. The highest BCUT2D eigenvalue weighted by atomic mass is 16.4. The summed E-state index contributed by atoms with van der Waals surface area (Å²) in [4.78, 5) is 25.0. The second-order valence-electron chi connectivity index (χ2n) is 5.72. The van der Waals surface area contributed by atoms with E-state index < -0.39 is 11.4 Å². The summed E-state index contributed by atoms with van der Waals surface area (Å²) < 4.78 is 0. The molecule has 5 nitrogen and oxygen atoms in total. The summed E-state index contributed by atoms with van der Waals surface area (Å²) in [5.74, 6) is -0.135. The summed E-state index contributed by atoms with van der Waals surface area (Å²) in [7, 11) is 0. The van der Waals surface area contributed by atoms with E-state index in [2.05, 4.69) is 12.2 Å². The molecule has 1 fully saturated rings. The number of carbonyl (C=O) groups is 2. The van der Waals surface area contributed by atoms with Gasteiger partial charge in [0.05, 0.1) is 5.41 Å². The third-order valence-corrected chi connectivity index (χ3v) is 4.41. The zero-order chi connectivity index (χ0) is 14.5. The molecule has 1 rings (SSSR count). The molecule has 1 unspecified atom stereocenters. The van der Waals surface area contributed by atoms with Crippen LogP contribution in [-0.4, -0.2) is 41.6 Å². The minimum Gasteiger partial charge on any atom is -0.481 e. The van der Waals surface area contributed by atoms with Crippen molar-refractivity contribution in [2.45, 2.75) is 46.5 Å². The van der Waals surface area contributed by atoms with E-state index in [0.717, 1.165) is 31.8 Å². The van der Waals surface area contributed by atoms with Crippen molar-refractivity contribution in [2.24, 2.45) is 11.3 Å². The second kappa shape index (κ2) is 6.78. The summed E-state index contributed by atoms with van der Waals surface area (Å²) in [6.45, 7) is 7.41. The first-order chi connectivity index (χ1) is 8.92. The van der Waals surface area contributed by atoms with Gasteiger partial charge in [-0.2, -0.15) is 0 Å². The monoisotopic (exact) mass is 270 g/mol. The van der Waals surface area contributed by atoms with Crippen molar-refractivity contribution in [1.82, 2.24) is 10.2 Å². The van der Waals surface area contributed by atoms with E-state index in [0.29, 0.717) is 6.42 Å². The zero-order valence-electron chi connectivity index (χ0n) is 12.2. The molecular weight excluding hydrogens is 244 g/mol. The molecule has 1 atom stereocenters. The first-order valence-electron chi connectivity index (χ1n) is 7.19. The lowest BCUT2D eigenvalue weighted by atomic mass is 9.88. The minimum atomic E-state index is -0.878. The Hall–Kier alpha value is -1.26. The summed E-state index contributed by atoms with van der Waals surface area (Å²) >= 11 is 0. The molecule has 0 saturated carbocycles. The molecule has 2 amide bonds. The SMILES string of the molecule is CCC1CCN(C(=O)NCC(C)(CC)C(=O)O)CC1. The molecule has 0 spiro atoms. The van der Waals surface area contributed by atoms with E-state index >= 15 is 0 Å². The fourth-order valence-corrected chi connectivity index (χ4v) is 2.28. The van der Waals surface area contributed by atoms with Crippen LogP contribution in [0.4, 0.5) is 4.79 Å². The van der Waals surface area contributed by atoms with Crippen LogP contribution in [0.5, 0.6) is 0 Å². The Morgan fingerprint density at radius 2 is 1.89 bits per heavy atom. The highest BCUT2D eigenvalue weighted by molar-refractivity contribution is 5.77. The topological polar surface area (TPSA) is 69.6 Å². The Morgan fingerprint density at radius 1 is 1.32 bits per heavy atom. The normalized spacial score (nSPS) is 19.8. The van der Waals surface area contributed by atoms with Crippen molar-refractivity contribution in [3.05, 3.63) is 0 Å². The number of nitrogens with one attached hydrogen (secondary N) is 1. The molecule has 110 valence electrons. The van der Waals surface area contributed by atoms with Crippen LogP contribution in [0.25, 0.3) is 0 Å². The van der Waals surface area contributed by atoms with Gasteiger partial charge in [0.15, 0.2) is 0 Å². The number of urea groups is 1. The Morgan fingerprint density at radius 3 is 2.32 bits per heavy atom. The van der Waals surface area contributed by atoms with E-state index in [1.54, 1.807) is 11.8 Å². The van der Waals surface area contributed by atoms with E-state index in [1.807, 2.05) is 6.92 Å². The zero-order valence-corrected chi connectivity index (χ0v) is 12.2. The molecule has 0 bridgehead atoms. The molecule has 0 aliphatic carbocycles. The number of piperidine rings is 1. The van der Waals surface area contributed by atoms with Crippen molar-refractivity contribution in [1.29, 1.82) is 0 Å². The molecule has 1 aliphatic heterocycles. The summed E-state index contributed by atoms with van der Waals surface area (Å²) in [6, 6.07) is -0.129.